The van der Waals surface area contributed by atoms with Gasteiger partial charge in [-0.3, -0.25) is 14.8 Å². The van der Waals surface area contributed by atoms with Crippen molar-refractivity contribution < 1.29 is 32.5 Å². The monoisotopic (exact) mass is 524 g/mol. The summed E-state index contributed by atoms with van der Waals surface area (Å²) < 4.78 is 52.0. The van der Waals surface area contributed by atoms with Crippen LogP contribution in [0.15, 0.2) is 55.0 Å². The van der Waals surface area contributed by atoms with E-state index in [9.17, 15) is 13.6 Å². The van der Waals surface area contributed by atoms with Crippen molar-refractivity contribution in [1.82, 2.24) is 15.3 Å². The van der Waals surface area contributed by atoms with Crippen molar-refractivity contribution in [3.63, 3.8) is 0 Å². The fraction of sp³-hybridized carbons (Fsp3) is 0.222. The molecule has 0 bridgehead atoms. The molecule has 0 spiro atoms. The summed E-state index contributed by atoms with van der Waals surface area (Å²) in [5, 5.41) is 5.95. The number of amides is 1. The minimum Gasteiger partial charge on any atom is -0.496 e. The van der Waals surface area contributed by atoms with Gasteiger partial charge in [-0.15, -0.1) is 0 Å². The number of benzene rings is 2. The van der Waals surface area contributed by atoms with Crippen LogP contribution >= 0.6 is 0 Å². The fourth-order valence-corrected chi connectivity index (χ4v) is 3.69. The molecular formula is C27H26F2N4O5. The summed E-state index contributed by atoms with van der Waals surface area (Å²) in [6.45, 7) is 1.26. The summed E-state index contributed by atoms with van der Waals surface area (Å²) in [5.41, 5.74) is 0.491. The number of carbonyl (C=O) groups excluding carboxylic acids is 1. The molecule has 9 nitrogen and oxygen atoms in total. The van der Waals surface area contributed by atoms with Gasteiger partial charge in [0.2, 0.25) is 0 Å². The number of rotatable bonds is 11. The van der Waals surface area contributed by atoms with E-state index in [2.05, 4.69) is 20.6 Å². The number of nitrogens with one attached hydrogen (secondary N) is 2. The number of hydrogen-bond donors (Lipinski definition) is 2. The van der Waals surface area contributed by atoms with E-state index in [-0.39, 0.29) is 22.7 Å². The maximum atomic E-state index is 15.0. The second kappa shape index (κ2) is 12.2. The largest absolute Gasteiger partial charge is 0.496 e. The first kappa shape index (κ1) is 26.6. The highest BCUT2D eigenvalue weighted by Crippen LogP contribution is 2.38. The zero-order chi connectivity index (χ0) is 27.1. The minimum atomic E-state index is -1.01. The van der Waals surface area contributed by atoms with Crippen molar-refractivity contribution in [2.45, 2.75) is 6.42 Å². The van der Waals surface area contributed by atoms with Crippen LogP contribution in [0.4, 0.5) is 14.5 Å². The molecule has 0 aliphatic carbocycles. The van der Waals surface area contributed by atoms with Crippen molar-refractivity contribution in [3.8, 4) is 28.7 Å². The second-order valence-corrected chi connectivity index (χ2v) is 8.04. The lowest BCUT2D eigenvalue weighted by atomic mass is 10.1. The zero-order valence-corrected chi connectivity index (χ0v) is 21.0. The second-order valence-electron chi connectivity index (χ2n) is 8.04. The van der Waals surface area contributed by atoms with Crippen LogP contribution in [0.3, 0.4) is 0 Å². The highest BCUT2D eigenvalue weighted by Gasteiger charge is 2.19. The topological polar surface area (TPSA) is 104 Å². The van der Waals surface area contributed by atoms with Crippen LogP contribution in [-0.4, -0.2) is 50.3 Å². The standard InChI is InChI=1S/C27H26F2N4O5/c1-30-7-4-10-37-25-14-21-17(13-24(25)36-3)23(6-9-32-21)38-26-19(28)11-16(12-20(26)29)33-27(34)18-15-31-8-5-22(18)35-2/h5-6,8-9,11-15,30H,4,7,10H2,1-3H3,(H,33,34). The first-order valence-corrected chi connectivity index (χ1v) is 11.7. The number of ether oxygens (including phenoxy) is 4. The van der Waals surface area contributed by atoms with Crippen LogP contribution in [0.2, 0.25) is 0 Å². The third-order valence-corrected chi connectivity index (χ3v) is 5.53. The van der Waals surface area contributed by atoms with Gasteiger partial charge in [-0.2, -0.15) is 0 Å². The van der Waals surface area contributed by atoms with Crippen LogP contribution in [0.5, 0.6) is 28.7 Å². The van der Waals surface area contributed by atoms with Gasteiger partial charge < -0.3 is 29.6 Å². The molecule has 0 saturated carbocycles. The molecule has 11 heteroatoms. The van der Waals surface area contributed by atoms with E-state index in [1.165, 1.54) is 44.9 Å². The minimum absolute atomic E-state index is 0.107. The number of pyridine rings is 2. The molecule has 0 saturated heterocycles. The van der Waals surface area contributed by atoms with Gasteiger partial charge in [-0.1, -0.05) is 0 Å². The van der Waals surface area contributed by atoms with E-state index < -0.39 is 23.3 Å². The van der Waals surface area contributed by atoms with E-state index in [0.717, 1.165) is 25.1 Å². The van der Waals surface area contributed by atoms with E-state index in [1.807, 2.05) is 7.05 Å². The average molecular weight is 525 g/mol. The van der Waals surface area contributed by atoms with Crippen LogP contribution < -0.4 is 29.6 Å². The van der Waals surface area contributed by atoms with Gasteiger partial charge in [0.05, 0.1) is 31.9 Å². The Kier molecular flexibility index (Phi) is 8.49. The number of nitrogens with zero attached hydrogens (tertiary/aromatic N) is 2. The number of carbonyl (C=O) groups is 1. The van der Waals surface area contributed by atoms with E-state index in [0.29, 0.717) is 29.0 Å². The van der Waals surface area contributed by atoms with Crippen LogP contribution in [0.1, 0.15) is 16.8 Å². The molecule has 0 radical (unpaired) electrons. The maximum Gasteiger partial charge on any atom is 0.261 e. The SMILES string of the molecule is CNCCCOc1cc2nccc(Oc3c(F)cc(NC(=O)c4cnccc4OC)cc3F)c2cc1OC. The first-order chi connectivity index (χ1) is 18.4. The highest BCUT2D eigenvalue weighted by molar-refractivity contribution is 6.06. The Labute approximate surface area is 217 Å². The first-order valence-electron chi connectivity index (χ1n) is 11.7. The van der Waals surface area contributed by atoms with Gasteiger partial charge in [0.1, 0.15) is 11.5 Å². The van der Waals surface area contributed by atoms with Gasteiger partial charge in [0.15, 0.2) is 28.9 Å². The molecule has 2 heterocycles. The summed E-state index contributed by atoms with van der Waals surface area (Å²) in [6.07, 6.45) is 5.00. The molecule has 198 valence electrons. The fourth-order valence-electron chi connectivity index (χ4n) is 3.69. The van der Waals surface area contributed by atoms with Crippen molar-refractivity contribution in [2.75, 3.05) is 39.7 Å². The summed E-state index contributed by atoms with van der Waals surface area (Å²) in [7, 11) is 4.75. The molecule has 4 aromatic rings. The normalized spacial score (nSPS) is 10.8. The summed E-state index contributed by atoms with van der Waals surface area (Å²) >= 11 is 0. The Hall–Kier alpha value is -4.51. The van der Waals surface area contributed by atoms with Gasteiger partial charge in [0, 0.05) is 47.9 Å². The van der Waals surface area contributed by atoms with Gasteiger partial charge >= 0.3 is 0 Å². The molecule has 1 amide bonds. The number of aromatic nitrogens is 2. The lowest BCUT2D eigenvalue weighted by molar-refractivity contribution is 0.102. The lowest BCUT2D eigenvalue weighted by Crippen LogP contribution is -2.14. The molecular weight excluding hydrogens is 498 g/mol. The van der Waals surface area contributed by atoms with Crippen LogP contribution in [-0.2, 0) is 0 Å². The summed E-state index contributed by atoms with van der Waals surface area (Å²) in [4.78, 5) is 20.8. The molecule has 0 unspecified atom stereocenters. The molecule has 0 atom stereocenters. The Morgan fingerprint density at radius 2 is 1.68 bits per heavy atom. The highest BCUT2D eigenvalue weighted by atomic mass is 19.1. The summed E-state index contributed by atoms with van der Waals surface area (Å²) in [5.74, 6) is -1.97. The van der Waals surface area contributed by atoms with Crippen molar-refractivity contribution in [2.24, 2.45) is 0 Å². The molecule has 2 aromatic heterocycles. The van der Waals surface area contributed by atoms with Gasteiger partial charge in [-0.05, 0) is 38.2 Å². The Balaban J connectivity index is 1.59. The van der Waals surface area contributed by atoms with Crippen molar-refractivity contribution >= 4 is 22.5 Å². The Morgan fingerprint density at radius 1 is 0.947 bits per heavy atom. The molecule has 0 fully saturated rings. The number of anilines is 1. The third-order valence-electron chi connectivity index (χ3n) is 5.53. The number of fused-ring (bicyclic) bond motifs is 1. The van der Waals surface area contributed by atoms with E-state index >= 15 is 0 Å². The molecule has 2 N–H and O–H groups in total. The number of hydrogen-bond acceptors (Lipinski definition) is 8. The lowest BCUT2D eigenvalue weighted by Gasteiger charge is -2.15. The molecule has 2 aromatic carbocycles. The Bertz CT molecular complexity index is 1430. The predicted molar refractivity (Wildman–Crippen MR) is 138 cm³/mol. The Morgan fingerprint density at radius 3 is 2.39 bits per heavy atom. The van der Waals surface area contributed by atoms with Crippen molar-refractivity contribution in [3.05, 3.63) is 72.2 Å². The molecule has 0 aliphatic heterocycles. The predicted octanol–water partition coefficient (Wildman–Crippen LogP) is 4.96. The molecule has 4 rings (SSSR count). The average Bonchev–Trinajstić information content (AvgIpc) is 2.92. The van der Waals surface area contributed by atoms with Gasteiger partial charge in [0.25, 0.3) is 5.91 Å². The molecule has 38 heavy (non-hydrogen) atoms. The zero-order valence-electron chi connectivity index (χ0n) is 21.0. The van der Waals surface area contributed by atoms with Crippen LogP contribution in [0.25, 0.3) is 10.9 Å². The quantitative estimate of drug-likeness (QED) is 0.266. The van der Waals surface area contributed by atoms with Crippen molar-refractivity contribution in [1.29, 1.82) is 0 Å². The number of methoxy groups -OCH3 is 2. The van der Waals surface area contributed by atoms with E-state index in [1.54, 1.807) is 12.1 Å². The summed E-state index contributed by atoms with van der Waals surface area (Å²) in [6, 6.07) is 8.22. The third kappa shape index (κ3) is 5.89. The van der Waals surface area contributed by atoms with Gasteiger partial charge in [-0.25, -0.2) is 8.78 Å². The molecule has 0 aliphatic rings. The number of halogens is 2. The van der Waals surface area contributed by atoms with Crippen LogP contribution in [0, 0.1) is 11.6 Å². The van der Waals surface area contributed by atoms with E-state index in [4.69, 9.17) is 18.9 Å². The smallest absolute Gasteiger partial charge is 0.261 e. The maximum absolute atomic E-state index is 15.0.